The van der Waals surface area contributed by atoms with Gasteiger partial charge in [-0.05, 0) is 61.2 Å². The molecule has 32 heavy (non-hydrogen) atoms. The van der Waals surface area contributed by atoms with E-state index in [-0.39, 0.29) is 18.4 Å². The van der Waals surface area contributed by atoms with Gasteiger partial charge in [-0.25, -0.2) is 0 Å². The summed E-state index contributed by atoms with van der Waals surface area (Å²) in [5.74, 6) is 1.40. The van der Waals surface area contributed by atoms with Gasteiger partial charge in [-0.1, -0.05) is 6.07 Å². The van der Waals surface area contributed by atoms with Crippen LogP contribution < -0.4 is 18.9 Å². The van der Waals surface area contributed by atoms with Crippen molar-refractivity contribution in [3.63, 3.8) is 0 Å². The van der Waals surface area contributed by atoms with Crippen molar-refractivity contribution in [3.05, 3.63) is 47.0 Å². The maximum atomic E-state index is 10.8. The minimum Gasteiger partial charge on any atom is -0.493 e. The third-order valence-corrected chi connectivity index (χ3v) is 6.66. The average Bonchev–Trinajstić information content (AvgIpc) is 2.80. The lowest BCUT2D eigenvalue weighted by Crippen LogP contribution is -2.62. The molecule has 2 aromatic rings. The van der Waals surface area contributed by atoms with Crippen molar-refractivity contribution >= 4 is 0 Å². The van der Waals surface area contributed by atoms with E-state index in [4.69, 9.17) is 28.4 Å². The lowest BCUT2D eigenvalue weighted by Gasteiger charge is -2.55. The van der Waals surface area contributed by atoms with E-state index in [1.807, 2.05) is 44.2 Å². The highest BCUT2D eigenvalue weighted by Crippen LogP contribution is 2.54. The van der Waals surface area contributed by atoms with Crippen LogP contribution in [0, 0.1) is 5.92 Å². The fraction of sp³-hybridized carbons (Fsp3) is 0.520. The van der Waals surface area contributed by atoms with Crippen LogP contribution >= 0.6 is 0 Å². The molecule has 7 heteroatoms. The monoisotopic (exact) mass is 444 g/mol. The second-order valence-corrected chi connectivity index (χ2v) is 8.78. The Labute approximate surface area is 189 Å². The number of ether oxygens (including phenoxy) is 6. The van der Waals surface area contributed by atoms with Crippen LogP contribution in [-0.4, -0.2) is 58.1 Å². The number of fused-ring (bicyclic) bond motifs is 2. The largest absolute Gasteiger partial charge is 0.493 e. The minimum absolute atomic E-state index is 0.0516. The molecule has 1 heterocycles. The van der Waals surface area contributed by atoms with E-state index in [9.17, 15) is 5.11 Å². The molecule has 4 rings (SSSR count). The molecule has 7 nitrogen and oxygen atoms in total. The van der Waals surface area contributed by atoms with Crippen molar-refractivity contribution in [2.75, 3.05) is 41.7 Å². The van der Waals surface area contributed by atoms with E-state index in [2.05, 4.69) is 0 Å². The molecule has 0 spiro atoms. The first-order chi connectivity index (χ1) is 15.3. The van der Waals surface area contributed by atoms with Gasteiger partial charge < -0.3 is 33.5 Å². The topological polar surface area (TPSA) is 75.6 Å². The maximum absolute atomic E-state index is 10.8. The normalized spacial score (nSPS) is 26.0. The first-order valence-electron chi connectivity index (χ1n) is 10.7. The number of aliphatic hydroxyl groups is 1. The molecular formula is C25H32O7. The standard InChI is InChI=1S/C25H32O7/c1-24(2)31-13-17-9-16-11-21(29-5)22(30-6)12-18(16)23(25(17,14-26)32-24)15-7-8-19(27-3)20(10-15)28-4/h7-8,10-12,17,23,26H,9,13-14H2,1-6H3/t17-,23-,25+/m0/s1. The zero-order valence-corrected chi connectivity index (χ0v) is 19.6. The SMILES string of the molecule is COc1ccc([C@H]2c3cc(OC)c(OC)cc3C[C@H]3COC(C)(C)O[C@]32CO)cc1OC. The van der Waals surface area contributed by atoms with Crippen LogP contribution in [0.2, 0.25) is 0 Å². The molecule has 1 N–H and O–H groups in total. The Morgan fingerprint density at radius 1 is 0.906 bits per heavy atom. The van der Waals surface area contributed by atoms with Crippen LogP contribution in [0.1, 0.15) is 36.5 Å². The van der Waals surface area contributed by atoms with Gasteiger partial charge in [0.2, 0.25) is 0 Å². The molecule has 1 aliphatic carbocycles. The summed E-state index contributed by atoms with van der Waals surface area (Å²) in [7, 11) is 6.48. The fourth-order valence-electron chi connectivity index (χ4n) is 5.20. The summed E-state index contributed by atoms with van der Waals surface area (Å²) in [5.41, 5.74) is 2.21. The Hall–Kier alpha value is -2.48. The Bertz CT molecular complexity index is 986. The Balaban J connectivity index is 1.98. The summed E-state index contributed by atoms with van der Waals surface area (Å²) < 4.78 is 34.8. The lowest BCUT2D eigenvalue weighted by atomic mass is 9.63. The first kappa shape index (κ1) is 22.7. The number of rotatable bonds is 6. The van der Waals surface area contributed by atoms with Gasteiger partial charge >= 0.3 is 0 Å². The van der Waals surface area contributed by atoms with Gasteiger partial charge in [-0.15, -0.1) is 0 Å². The number of hydrogen-bond donors (Lipinski definition) is 1. The van der Waals surface area contributed by atoms with E-state index in [1.54, 1.807) is 28.4 Å². The van der Waals surface area contributed by atoms with Crippen molar-refractivity contribution in [2.24, 2.45) is 5.92 Å². The van der Waals surface area contributed by atoms with Gasteiger partial charge in [0.05, 0.1) is 41.7 Å². The minimum atomic E-state index is -0.881. The van der Waals surface area contributed by atoms with Crippen LogP contribution in [0.3, 0.4) is 0 Å². The quantitative estimate of drug-likeness (QED) is 0.730. The van der Waals surface area contributed by atoms with Crippen LogP contribution in [0.4, 0.5) is 0 Å². The molecule has 0 unspecified atom stereocenters. The zero-order chi connectivity index (χ0) is 23.1. The average molecular weight is 445 g/mol. The van der Waals surface area contributed by atoms with Gasteiger partial charge in [-0.2, -0.15) is 0 Å². The van der Waals surface area contributed by atoms with Crippen LogP contribution in [0.5, 0.6) is 23.0 Å². The van der Waals surface area contributed by atoms with Gasteiger partial charge in [0, 0.05) is 11.8 Å². The third-order valence-electron chi connectivity index (χ3n) is 6.66. The molecule has 1 saturated heterocycles. The summed E-state index contributed by atoms with van der Waals surface area (Å²) in [4.78, 5) is 0. The molecule has 1 aliphatic heterocycles. The molecule has 0 saturated carbocycles. The lowest BCUT2D eigenvalue weighted by molar-refractivity contribution is -0.344. The second-order valence-electron chi connectivity index (χ2n) is 8.78. The van der Waals surface area contributed by atoms with Crippen molar-refractivity contribution < 1.29 is 33.5 Å². The Kier molecular flexibility index (Phi) is 6.00. The van der Waals surface area contributed by atoms with E-state index in [0.717, 1.165) is 16.7 Å². The predicted molar refractivity (Wildman–Crippen MR) is 119 cm³/mol. The summed E-state index contributed by atoms with van der Waals surface area (Å²) in [6.45, 7) is 4.09. The smallest absolute Gasteiger partial charge is 0.163 e. The summed E-state index contributed by atoms with van der Waals surface area (Å²) in [6.07, 6.45) is 0.691. The van der Waals surface area contributed by atoms with E-state index in [0.29, 0.717) is 36.0 Å². The second kappa shape index (κ2) is 8.46. The molecule has 0 amide bonds. The van der Waals surface area contributed by atoms with Crippen molar-refractivity contribution in [1.29, 1.82) is 0 Å². The summed E-state index contributed by atoms with van der Waals surface area (Å²) >= 11 is 0. The van der Waals surface area contributed by atoms with Crippen molar-refractivity contribution in [2.45, 2.75) is 37.6 Å². The highest BCUT2D eigenvalue weighted by Gasteiger charge is 2.57. The molecule has 2 aromatic carbocycles. The molecule has 0 aromatic heterocycles. The van der Waals surface area contributed by atoms with E-state index in [1.165, 1.54) is 0 Å². The van der Waals surface area contributed by atoms with Gasteiger partial charge in [-0.3, -0.25) is 0 Å². The fourth-order valence-corrected chi connectivity index (χ4v) is 5.20. The third kappa shape index (κ3) is 3.58. The molecular weight excluding hydrogens is 412 g/mol. The highest BCUT2D eigenvalue weighted by molar-refractivity contribution is 5.56. The molecule has 0 radical (unpaired) electrons. The maximum Gasteiger partial charge on any atom is 0.163 e. The molecule has 174 valence electrons. The van der Waals surface area contributed by atoms with E-state index >= 15 is 0 Å². The van der Waals surface area contributed by atoms with E-state index < -0.39 is 11.4 Å². The Morgan fingerprint density at radius 2 is 1.53 bits per heavy atom. The number of hydrogen-bond acceptors (Lipinski definition) is 7. The van der Waals surface area contributed by atoms with Gasteiger partial charge in [0.1, 0.15) is 5.60 Å². The zero-order valence-electron chi connectivity index (χ0n) is 19.6. The first-order valence-corrected chi connectivity index (χ1v) is 10.7. The van der Waals surface area contributed by atoms with Gasteiger partial charge in [0.25, 0.3) is 0 Å². The summed E-state index contributed by atoms with van der Waals surface area (Å²) in [5, 5.41) is 10.8. The number of benzene rings is 2. The number of aliphatic hydroxyl groups excluding tert-OH is 1. The van der Waals surface area contributed by atoms with Crippen molar-refractivity contribution in [3.8, 4) is 23.0 Å². The molecule has 3 atom stereocenters. The van der Waals surface area contributed by atoms with Crippen molar-refractivity contribution in [1.82, 2.24) is 0 Å². The molecule has 1 fully saturated rings. The Morgan fingerprint density at radius 3 is 2.16 bits per heavy atom. The van der Waals surface area contributed by atoms with Crippen LogP contribution in [0.25, 0.3) is 0 Å². The van der Waals surface area contributed by atoms with Crippen LogP contribution in [0.15, 0.2) is 30.3 Å². The van der Waals surface area contributed by atoms with Crippen LogP contribution in [-0.2, 0) is 15.9 Å². The summed E-state index contributed by atoms with van der Waals surface area (Å²) in [6, 6.07) is 9.85. The van der Waals surface area contributed by atoms with Gasteiger partial charge in [0.15, 0.2) is 28.8 Å². The molecule has 2 aliphatic rings. The highest BCUT2D eigenvalue weighted by atomic mass is 16.7. The number of methoxy groups -OCH3 is 4. The molecule has 0 bridgehead atoms. The predicted octanol–water partition coefficient (Wildman–Crippen LogP) is 3.54.